The second-order valence-electron chi connectivity index (χ2n) is 8.34. The molecule has 1 aromatic rings. The van der Waals surface area contributed by atoms with E-state index in [1.165, 1.54) is 7.11 Å². The van der Waals surface area contributed by atoms with E-state index in [9.17, 15) is 9.59 Å². The molecule has 1 atom stereocenters. The first-order chi connectivity index (χ1) is 13.7. The molecule has 7 heteroatoms. The highest BCUT2D eigenvalue weighted by molar-refractivity contribution is 5.91. The Morgan fingerprint density at radius 3 is 2.66 bits per heavy atom. The number of hydrogen-bond acceptors (Lipinski definition) is 6. The second-order valence-corrected chi connectivity index (χ2v) is 8.34. The van der Waals surface area contributed by atoms with E-state index in [0.29, 0.717) is 24.5 Å². The minimum absolute atomic E-state index is 0.0233. The molecule has 0 saturated carbocycles. The SMILES string of the molecule is CCCCOc1cc(C(=O)OC)cc(N2CCCC(NC(=O)OC(C)(C)C)C2)c1. The van der Waals surface area contributed by atoms with E-state index < -0.39 is 17.7 Å². The number of carbonyl (C=O) groups is 2. The van der Waals surface area contributed by atoms with E-state index in [0.717, 1.165) is 37.9 Å². The largest absolute Gasteiger partial charge is 0.493 e. The molecule has 1 aliphatic heterocycles. The molecule has 0 radical (unpaired) electrons. The van der Waals surface area contributed by atoms with Crippen molar-refractivity contribution in [2.45, 2.75) is 65.0 Å². The van der Waals surface area contributed by atoms with Crippen LogP contribution in [0, 0.1) is 0 Å². The molecule has 0 spiro atoms. The van der Waals surface area contributed by atoms with Crippen LogP contribution in [0.15, 0.2) is 18.2 Å². The summed E-state index contributed by atoms with van der Waals surface area (Å²) in [4.78, 5) is 26.4. The van der Waals surface area contributed by atoms with Crippen molar-refractivity contribution in [1.82, 2.24) is 5.32 Å². The quantitative estimate of drug-likeness (QED) is 0.542. The number of alkyl carbamates (subject to hydrolysis) is 1. The Morgan fingerprint density at radius 1 is 1.24 bits per heavy atom. The fourth-order valence-electron chi connectivity index (χ4n) is 3.22. The Bertz CT molecular complexity index is 699. The second kappa shape index (κ2) is 10.4. The molecule has 162 valence electrons. The first-order valence-electron chi connectivity index (χ1n) is 10.3. The van der Waals surface area contributed by atoms with Crippen molar-refractivity contribution < 1.29 is 23.8 Å². The van der Waals surface area contributed by atoms with Crippen molar-refractivity contribution in [1.29, 1.82) is 0 Å². The Hall–Kier alpha value is -2.44. The molecular formula is C22H34N2O5. The predicted octanol–water partition coefficient (Wildman–Crippen LogP) is 4.15. The molecule has 1 aromatic carbocycles. The molecule has 0 aliphatic carbocycles. The zero-order valence-electron chi connectivity index (χ0n) is 18.2. The van der Waals surface area contributed by atoms with Crippen LogP contribution < -0.4 is 15.0 Å². The van der Waals surface area contributed by atoms with Gasteiger partial charge in [-0.2, -0.15) is 0 Å². The molecule has 1 saturated heterocycles. The number of anilines is 1. The molecule has 7 nitrogen and oxygen atoms in total. The maximum atomic E-state index is 12.1. The van der Waals surface area contributed by atoms with E-state index in [-0.39, 0.29) is 6.04 Å². The number of nitrogens with zero attached hydrogens (tertiary/aromatic N) is 1. The van der Waals surface area contributed by atoms with Crippen molar-refractivity contribution in [3.63, 3.8) is 0 Å². The van der Waals surface area contributed by atoms with Crippen LogP contribution in [0.1, 0.15) is 63.7 Å². The summed E-state index contributed by atoms with van der Waals surface area (Å²) in [5.74, 6) is 0.256. The number of amides is 1. The van der Waals surface area contributed by atoms with E-state index in [1.54, 1.807) is 6.07 Å². The molecule has 2 rings (SSSR count). The fourth-order valence-corrected chi connectivity index (χ4v) is 3.22. The molecule has 0 bridgehead atoms. The minimum atomic E-state index is -0.530. The standard InChI is InChI=1S/C22H34N2O5/c1-6-7-11-28-19-13-16(20(25)27-5)12-18(14-19)24-10-8-9-17(15-24)23-21(26)29-22(2,3)4/h12-14,17H,6-11,15H2,1-5H3,(H,23,26). The van der Waals surface area contributed by atoms with Gasteiger partial charge in [0.1, 0.15) is 11.4 Å². The first-order valence-corrected chi connectivity index (χ1v) is 10.3. The predicted molar refractivity (Wildman–Crippen MR) is 113 cm³/mol. The van der Waals surface area contributed by atoms with Crippen LogP contribution in [0.5, 0.6) is 5.75 Å². The lowest BCUT2D eigenvalue weighted by molar-refractivity contribution is 0.0499. The van der Waals surface area contributed by atoms with Gasteiger partial charge in [0.25, 0.3) is 0 Å². The van der Waals surface area contributed by atoms with Crippen molar-refractivity contribution in [2.75, 3.05) is 31.7 Å². The Kier molecular flexibility index (Phi) is 8.17. The van der Waals surface area contributed by atoms with Gasteiger partial charge in [0, 0.05) is 30.9 Å². The molecule has 1 amide bonds. The average Bonchev–Trinajstić information content (AvgIpc) is 2.66. The number of benzene rings is 1. The summed E-state index contributed by atoms with van der Waals surface area (Å²) < 4.78 is 16.1. The molecule has 1 N–H and O–H groups in total. The van der Waals surface area contributed by atoms with Crippen molar-refractivity contribution >= 4 is 17.7 Å². The zero-order chi connectivity index (χ0) is 21.4. The fraction of sp³-hybridized carbons (Fsp3) is 0.636. The number of carbonyl (C=O) groups excluding carboxylic acids is 2. The molecule has 1 aliphatic rings. The Balaban J connectivity index is 2.13. The number of nitrogens with one attached hydrogen (secondary N) is 1. The Morgan fingerprint density at radius 2 is 2.00 bits per heavy atom. The van der Waals surface area contributed by atoms with Crippen molar-refractivity contribution in [3.05, 3.63) is 23.8 Å². The lowest BCUT2D eigenvalue weighted by atomic mass is 10.0. The van der Waals surface area contributed by atoms with Crippen LogP contribution in [-0.4, -0.2) is 50.5 Å². The summed E-state index contributed by atoms with van der Waals surface area (Å²) in [6.45, 7) is 9.72. The van der Waals surface area contributed by atoms with E-state index in [2.05, 4.69) is 17.1 Å². The average molecular weight is 407 g/mol. The third-order valence-corrected chi connectivity index (χ3v) is 4.59. The first kappa shape index (κ1) is 22.8. The number of rotatable bonds is 7. The zero-order valence-corrected chi connectivity index (χ0v) is 18.2. The van der Waals surface area contributed by atoms with E-state index >= 15 is 0 Å². The third-order valence-electron chi connectivity index (χ3n) is 4.59. The monoisotopic (exact) mass is 406 g/mol. The van der Waals surface area contributed by atoms with Gasteiger partial charge < -0.3 is 24.4 Å². The third kappa shape index (κ3) is 7.48. The summed E-state index contributed by atoms with van der Waals surface area (Å²) >= 11 is 0. The van der Waals surface area contributed by atoms with Crippen LogP contribution in [0.25, 0.3) is 0 Å². The van der Waals surface area contributed by atoms with Gasteiger partial charge in [0.15, 0.2) is 0 Å². The topological polar surface area (TPSA) is 77.1 Å². The maximum absolute atomic E-state index is 12.1. The number of methoxy groups -OCH3 is 1. The maximum Gasteiger partial charge on any atom is 0.407 e. The van der Waals surface area contributed by atoms with E-state index in [4.69, 9.17) is 14.2 Å². The Labute approximate surface area is 173 Å². The normalized spacial score (nSPS) is 16.9. The molecule has 1 unspecified atom stereocenters. The van der Waals surface area contributed by atoms with Gasteiger partial charge in [0.05, 0.1) is 19.3 Å². The van der Waals surface area contributed by atoms with Gasteiger partial charge in [-0.25, -0.2) is 9.59 Å². The van der Waals surface area contributed by atoms with Crippen LogP contribution in [0.4, 0.5) is 10.5 Å². The van der Waals surface area contributed by atoms with Gasteiger partial charge in [-0.05, 0) is 52.2 Å². The summed E-state index contributed by atoms with van der Waals surface area (Å²) in [5, 5.41) is 2.95. The van der Waals surface area contributed by atoms with Gasteiger partial charge in [-0.3, -0.25) is 0 Å². The van der Waals surface area contributed by atoms with Crippen LogP contribution in [-0.2, 0) is 9.47 Å². The molecule has 29 heavy (non-hydrogen) atoms. The number of esters is 1. The van der Waals surface area contributed by atoms with Gasteiger partial charge >= 0.3 is 12.1 Å². The molecular weight excluding hydrogens is 372 g/mol. The minimum Gasteiger partial charge on any atom is -0.493 e. The van der Waals surface area contributed by atoms with Crippen molar-refractivity contribution in [2.24, 2.45) is 0 Å². The van der Waals surface area contributed by atoms with Crippen LogP contribution in [0.2, 0.25) is 0 Å². The summed E-state index contributed by atoms with van der Waals surface area (Å²) in [6.07, 6.45) is 3.38. The molecule has 0 aromatic heterocycles. The van der Waals surface area contributed by atoms with Gasteiger partial charge in [-0.15, -0.1) is 0 Å². The van der Waals surface area contributed by atoms with Crippen LogP contribution in [0.3, 0.4) is 0 Å². The lowest BCUT2D eigenvalue weighted by Crippen LogP contribution is -2.49. The highest BCUT2D eigenvalue weighted by atomic mass is 16.6. The summed E-state index contributed by atoms with van der Waals surface area (Å²) in [6, 6.07) is 5.45. The number of hydrogen-bond donors (Lipinski definition) is 1. The highest BCUT2D eigenvalue weighted by Crippen LogP contribution is 2.27. The highest BCUT2D eigenvalue weighted by Gasteiger charge is 2.25. The smallest absolute Gasteiger partial charge is 0.407 e. The van der Waals surface area contributed by atoms with Crippen molar-refractivity contribution in [3.8, 4) is 5.75 Å². The summed E-state index contributed by atoms with van der Waals surface area (Å²) in [5.41, 5.74) is 0.812. The lowest BCUT2D eigenvalue weighted by Gasteiger charge is -2.35. The number of unbranched alkanes of at least 4 members (excludes halogenated alkanes) is 1. The number of piperidine rings is 1. The summed E-state index contributed by atoms with van der Waals surface area (Å²) in [7, 11) is 1.37. The molecule has 1 heterocycles. The van der Waals surface area contributed by atoms with Crippen LogP contribution >= 0.6 is 0 Å². The molecule has 1 fully saturated rings. The number of ether oxygens (including phenoxy) is 3. The van der Waals surface area contributed by atoms with Gasteiger partial charge in [-0.1, -0.05) is 13.3 Å². The van der Waals surface area contributed by atoms with E-state index in [1.807, 2.05) is 32.9 Å². The van der Waals surface area contributed by atoms with Gasteiger partial charge in [0.2, 0.25) is 0 Å².